The fourth-order valence-electron chi connectivity index (χ4n) is 5.88. The van der Waals surface area contributed by atoms with E-state index in [1.165, 1.54) is 19.9 Å². The first-order valence-electron chi connectivity index (χ1n) is 9.34. The summed E-state index contributed by atoms with van der Waals surface area (Å²) in [6, 6.07) is 0. The molecular weight excluding hydrogens is 320 g/mol. The summed E-state index contributed by atoms with van der Waals surface area (Å²) in [5.74, 6) is -0.667. The van der Waals surface area contributed by atoms with Crippen LogP contribution in [0.5, 0.6) is 0 Å². The van der Waals surface area contributed by atoms with Crippen LogP contribution in [0.15, 0.2) is 12.7 Å². The van der Waals surface area contributed by atoms with Gasteiger partial charge in [-0.1, -0.05) is 33.3 Å². The van der Waals surface area contributed by atoms with E-state index in [2.05, 4.69) is 20.4 Å². The second kappa shape index (κ2) is 6.31. The second-order valence-electron chi connectivity index (χ2n) is 9.72. The van der Waals surface area contributed by atoms with E-state index in [4.69, 9.17) is 0 Å². The first kappa shape index (κ1) is 20.8. The average Bonchev–Trinajstić information content (AvgIpc) is 2.48. The van der Waals surface area contributed by atoms with Crippen LogP contribution in [0.4, 0.5) is 0 Å². The van der Waals surface area contributed by atoms with Gasteiger partial charge < -0.3 is 25.5 Å². The third-order valence-electron chi connectivity index (χ3n) is 7.40. The molecule has 5 N–H and O–H groups in total. The molecule has 2 fully saturated rings. The van der Waals surface area contributed by atoms with Gasteiger partial charge in [0.15, 0.2) is 0 Å². The normalized spacial score (nSPS) is 47.4. The quantitative estimate of drug-likeness (QED) is 0.493. The van der Waals surface area contributed by atoms with Crippen LogP contribution in [0.1, 0.15) is 60.3 Å². The van der Waals surface area contributed by atoms with E-state index >= 15 is 0 Å². The van der Waals surface area contributed by atoms with Crippen LogP contribution in [0.25, 0.3) is 0 Å². The van der Waals surface area contributed by atoms with Gasteiger partial charge in [0.2, 0.25) is 0 Å². The summed E-state index contributed by atoms with van der Waals surface area (Å²) in [6.45, 7) is 12.8. The second-order valence-corrected chi connectivity index (χ2v) is 9.72. The SMILES string of the molecule is C=C[C@@](C)(O)[C@@H](O)C[C@H]1[C@](C)(O)[C@@H](O)[C@@H](O)[C@H]2C(C)(C)CCC[C@@]21C. The summed E-state index contributed by atoms with van der Waals surface area (Å²) in [4.78, 5) is 0. The number of hydrogen-bond donors (Lipinski definition) is 5. The summed E-state index contributed by atoms with van der Waals surface area (Å²) in [6.07, 6.45) is 0.685. The Morgan fingerprint density at radius 1 is 1.20 bits per heavy atom. The van der Waals surface area contributed by atoms with Crippen molar-refractivity contribution in [2.45, 2.75) is 89.8 Å². The first-order valence-corrected chi connectivity index (χ1v) is 9.34. The molecule has 0 unspecified atom stereocenters. The first-order chi connectivity index (χ1) is 11.2. The van der Waals surface area contributed by atoms with Gasteiger partial charge in [-0.15, -0.1) is 6.58 Å². The van der Waals surface area contributed by atoms with Crippen molar-refractivity contribution in [3.63, 3.8) is 0 Å². The lowest BCUT2D eigenvalue weighted by Gasteiger charge is -2.64. The predicted molar refractivity (Wildman–Crippen MR) is 96.8 cm³/mol. The molecule has 2 rings (SSSR count). The molecule has 0 aromatic carbocycles. The zero-order valence-corrected chi connectivity index (χ0v) is 16.2. The average molecular weight is 357 g/mol. The smallest absolute Gasteiger partial charge is 0.109 e. The maximum Gasteiger partial charge on any atom is 0.109 e. The van der Waals surface area contributed by atoms with Gasteiger partial charge in [0.25, 0.3) is 0 Å². The van der Waals surface area contributed by atoms with Crippen LogP contribution in [0.3, 0.4) is 0 Å². The minimum absolute atomic E-state index is 0.124. The minimum atomic E-state index is -1.56. The molecule has 5 heteroatoms. The topological polar surface area (TPSA) is 101 Å². The van der Waals surface area contributed by atoms with Crippen LogP contribution >= 0.6 is 0 Å². The molecular formula is C20H36O5. The molecule has 2 aliphatic rings. The van der Waals surface area contributed by atoms with Crippen LogP contribution in [0.2, 0.25) is 0 Å². The van der Waals surface area contributed by atoms with Crippen molar-refractivity contribution in [2.75, 3.05) is 0 Å². The molecule has 5 nitrogen and oxygen atoms in total. The van der Waals surface area contributed by atoms with Gasteiger partial charge in [0.1, 0.15) is 11.7 Å². The fraction of sp³-hybridized carbons (Fsp3) is 0.900. The molecule has 8 atom stereocenters. The Balaban J connectivity index is 2.49. The fourth-order valence-corrected chi connectivity index (χ4v) is 5.88. The lowest BCUT2D eigenvalue weighted by Crippen LogP contribution is -2.70. The van der Waals surface area contributed by atoms with Gasteiger partial charge in [0, 0.05) is 0 Å². The number of fused-ring (bicyclic) bond motifs is 1. The van der Waals surface area contributed by atoms with Gasteiger partial charge in [0.05, 0.1) is 17.8 Å². The molecule has 2 aliphatic carbocycles. The van der Waals surface area contributed by atoms with E-state index in [0.717, 1.165) is 19.3 Å². The third kappa shape index (κ3) is 3.19. The highest BCUT2D eigenvalue weighted by Crippen LogP contribution is 2.63. The summed E-state index contributed by atoms with van der Waals surface area (Å²) in [7, 11) is 0. The third-order valence-corrected chi connectivity index (χ3v) is 7.40. The lowest BCUT2D eigenvalue weighted by molar-refractivity contribution is -0.272. The molecule has 0 aromatic heterocycles. The summed E-state index contributed by atoms with van der Waals surface area (Å²) < 4.78 is 0. The van der Waals surface area contributed by atoms with Gasteiger partial charge >= 0.3 is 0 Å². The molecule has 146 valence electrons. The van der Waals surface area contributed by atoms with Crippen molar-refractivity contribution >= 4 is 0 Å². The van der Waals surface area contributed by atoms with E-state index in [9.17, 15) is 25.5 Å². The van der Waals surface area contributed by atoms with E-state index in [-0.39, 0.29) is 17.8 Å². The number of rotatable bonds is 4. The molecule has 25 heavy (non-hydrogen) atoms. The van der Waals surface area contributed by atoms with Crippen LogP contribution < -0.4 is 0 Å². The summed E-state index contributed by atoms with van der Waals surface area (Å²) >= 11 is 0. The van der Waals surface area contributed by atoms with Gasteiger partial charge in [-0.3, -0.25) is 0 Å². The van der Waals surface area contributed by atoms with Crippen LogP contribution in [-0.4, -0.2) is 55.0 Å². The van der Waals surface area contributed by atoms with Crippen molar-refractivity contribution < 1.29 is 25.5 Å². The Morgan fingerprint density at radius 2 is 1.76 bits per heavy atom. The number of hydrogen-bond acceptors (Lipinski definition) is 5. The number of aliphatic hydroxyl groups excluding tert-OH is 3. The Morgan fingerprint density at radius 3 is 2.28 bits per heavy atom. The standard InChI is InChI=1S/C20H36O5/c1-7-19(5,24)13(21)11-12-18(4)10-8-9-17(2,3)15(18)14(22)16(23)20(12,6)25/h7,12-16,21-25H,1,8-11H2,2-6H3/t12-,13+,14+,15+,16+,18-,19-,20+/m1/s1. The van der Waals surface area contributed by atoms with Crippen molar-refractivity contribution in [3.05, 3.63) is 12.7 Å². The van der Waals surface area contributed by atoms with Crippen molar-refractivity contribution in [2.24, 2.45) is 22.7 Å². The van der Waals surface area contributed by atoms with E-state index in [1.807, 2.05) is 6.92 Å². The minimum Gasteiger partial charge on any atom is -0.390 e. The zero-order valence-electron chi connectivity index (χ0n) is 16.2. The van der Waals surface area contributed by atoms with Crippen molar-refractivity contribution in [1.82, 2.24) is 0 Å². The molecule has 0 spiro atoms. The monoisotopic (exact) mass is 356 g/mol. The largest absolute Gasteiger partial charge is 0.390 e. The molecule has 0 amide bonds. The maximum atomic E-state index is 11.1. The highest BCUT2D eigenvalue weighted by atomic mass is 16.4. The Kier molecular flexibility index (Phi) is 5.26. The molecule has 2 saturated carbocycles. The highest BCUT2D eigenvalue weighted by molar-refractivity contribution is 5.15. The Labute approximate surface area is 151 Å². The Hall–Kier alpha value is -0.460. The van der Waals surface area contributed by atoms with Gasteiger partial charge in [-0.25, -0.2) is 0 Å². The van der Waals surface area contributed by atoms with Crippen molar-refractivity contribution in [3.8, 4) is 0 Å². The maximum absolute atomic E-state index is 11.1. The zero-order chi connectivity index (χ0) is 19.4. The van der Waals surface area contributed by atoms with Crippen LogP contribution in [-0.2, 0) is 0 Å². The molecule has 0 saturated heterocycles. The molecule has 0 bridgehead atoms. The van der Waals surface area contributed by atoms with Gasteiger partial charge in [-0.2, -0.15) is 0 Å². The molecule has 0 aliphatic heterocycles. The molecule has 0 heterocycles. The van der Waals surface area contributed by atoms with E-state index in [0.29, 0.717) is 0 Å². The summed E-state index contributed by atoms with van der Waals surface area (Å²) in [5, 5.41) is 53.5. The highest BCUT2D eigenvalue weighted by Gasteiger charge is 2.65. The van der Waals surface area contributed by atoms with Gasteiger partial charge in [-0.05, 0) is 55.8 Å². The predicted octanol–water partition coefficient (Wildman–Crippen LogP) is 1.61. The lowest BCUT2D eigenvalue weighted by atomic mass is 9.43. The van der Waals surface area contributed by atoms with Crippen molar-refractivity contribution in [1.29, 1.82) is 0 Å². The van der Waals surface area contributed by atoms with E-state index in [1.54, 1.807) is 0 Å². The van der Waals surface area contributed by atoms with E-state index < -0.39 is 40.8 Å². The Bertz CT molecular complexity index is 512. The number of aliphatic hydroxyl groups is 5. The molecule has 0 aromatic rings. The molecule has 0 radical (unpaired) electrons. The van der Waals surface area contributed by atoms with Crippen LogP contribution in [0, 0.1) is 22.7 Å². The summed E-state index contributed by atoms with van der Waals surface area (Å²) in [5.41, 5.74) is -3.68.